The molecular formula is C10H9IN2OS. The lowest BCUT2D eigenvalue weighted by Crippen LogP contribution is -2.07. The molecule has 15 heavy (non-hydrogen) atoms. The van der Waals surface area contributed by atoms with Crippen LogP contribution >= 0.6 is 33.9 Å². The summed E-state index contributed by atoms with van der Waals surface area (Å²) >= 11 is 3.54. The number of carbonyl (C=O) groups is 1. The maximum absolute atomic E-state index is 11.8. The highest BCUT2D eigenvalue weighted by atomic mass is 127. The van der Waals surface area contributed by atoms with E-state index in [2.05, 4.69) is 22.6 Å². The SMILES string of the molecule is CN(C)C=C(C#N)C(=O)c1ccc(I)s1. The van der Waals surface area contributed by atoms with Gasteiger partial charge in [0.2, 0.25) is 5.78 Å². The molecule has 0 radical (unpaired) electrons. The van der Waals surface area contributed by atoms with Gasteiger partial charge in [-0.15, -0.1) is 11.3 Å². The van der Waals surface area contributed by atoms with E-state index in [0.29, 0.717) is 4.88 Å². The Balaban J connectivity index is 2.99. The highest BCUT2D eigenvalue weighted by molar-refractivity contribution is 14.1. The molecule has 0 aliphatic rings. The average molecular weight is 332 g/mol. The zero-order chi connectivity index (χ0) is 11.4. The van der Waals surface area contributed by atoms with Crippen LogP contribution in [0.15, 0.2) is 23.9 Å². The molecule has 5 heteroatoms. The lowest BCUT2D eigenvalue weighted by Gasteiger charge is -2.04. The van der Waals surface area contributed by atoms with Crippen molar-refractivity contribution >= 4 is 39.7 Å². The molecule has 1 heterocycles. The Morgan fingerprint density at radius 3 is 2.67 bits per heavy atom. The number of allylic oxidation sites excluding steroid dienone is 1. The van der Waals surface area contributed by atoms with E-state index < -0.39 is 0 Å². The Bertz CT molecular complexity index is 443. The Morgan fingerprint density at radius 1 is 1.60 bits per heavy atom. The second kappa shape index (κ2) is 5.28. The van der Waals surface area contributed by atoms with E-state index in [1.54, 1.807) is 25.1 Å². The Hall–Kier alpha value is -0.870. The fourth-order valence-electron chi connectivity index (χ4n) is 0.966. The molecule has 0 aliphatic heterocycles. The second-order valence-electron chi connectivity index (χ2n) is 3.05. The molecule has 0 atom stereocenters. The standard InChI is InChI=1S/C10H9IN2OS/c1-13(2)6-7(5-12)10(14)8-3-4-9(11)15-8/h3-4,6H,1-2H3. The fraction of sp³-hybridized carbons (Fsp3) is 0.200. The first-order chi connectivity index (χ1) is 7.04. The third-order valence-corrected chi connectivity index (χ3v) is 3.44. The summed E-state index contributed by atoms with van der Waals surface area (Å²) in [6.07, 6.45) is 1.54. The number of thiophene rings is 1. The zero-order valence-corrected chi connectivity index (χ0v) is 11.3. The van der Waals surface area contributed by atoms with E-state index >= 15 is 0 Å². The summed E-state index contributed by atoms with van der Waals surface area (Å²) in [5.41, 5.74) is 0.165. The smallest absolute Gasteiger partial charge is 0.214 e. The van der Waals surface area contributed by atoms with Crippen LogP contribution in [0, 0.1) is 14.2 Å². The molecule has 0 aliphatic carbocycles. The van der Waals surface area contributed by atoms with Crippen molar-refractivity contribution in [2.75, 3.05) is 14.1 Å². The van der Waals surface area contributed by atoms with E-state index in [0.717, 1.165) is 2.88 Å². The summed E-state index contributed by atoms with van der Waals surface area (Å²) in [5.74, 6) is -0.209. The van der Waals surface area contributed by atoms with Crippen LogP contribution in [0.2, 0.25) is 0 Å². The number of Topliss-reactive ketones (excluding diaryl/α,β-unsaturated/α-hetero) is 1. The van der Waals surface area contributed by atoms with Gasteiger partial charge in [-0.3, -0.25) is 4.79 Å². The van der Waals surface area contributed by atoms with Gasteiger partial charge in [0, 0.05) is 20.3 Å². The van der Waals surface area contributed by atoms with Crippen LogP contribution in [-0.2, 0) is 0 Å². The maximum atomic E-state index is 11.8. The van der Waals surface area contributed by atoms with E-state index in [1.807, 2.05) is 12.1 Å². The molecule has 0 saturated heterocycles. The predicted molar refractivity (Wildman–Crippen MR) is 68.7 cm³/mol. The fourth-order valence-corrected chi connectivity index (χ4v) is 2.54. The molecule has 0 aromatic carbocycles. The number of halogens is 1. The van der Waals surface area contributed by atoms with Gasteiger partial charge < -0.3 is 4.90 Å². The summed E-state index contributed by atoms with van der Waals surface area (Å²) in [4.78, 5) is 14.1. The monoisotopic (exact) mass is 332 g/mol. The number of nitriles is 1. The molecule has 1 rings (SSSR count). The molecule has 0 fully saturated rings. The molecule has 0 saturated carbocycles. The number of hydrogen-bond donors (Lipinski definition) is 0. The van der Waals surface area contributed by atoms with Gasteiger partial charge in [-0.05, 0) is 34.7 Å². The van der Waals surface area contributed by atoms with Crippen molar-refractivity contribution in [1.82, 2.24) is 4.90 Å². The summed E-state index contributed by atoms with van der Waals surface area (Å²) < 4.78 is 1.04. The Labute approximate surface area is 106 Å². The first-order valence-electron chi connectivity index (χ1n) is 4.13. The molecule has 3 nitrogen and oxygen atoms in total. The van der Waals surface area contributed by atoms with Crippen molar-refractivity contribution in [3.8, 4) is 6.07 Å². The Morgan fingerprint density at radius 2 is 2.27 bits per heavy atom. The van der Waals surface area contributed by atoms with Crippen LogP contribution in [0.25, 0.3) is 0 Å². The maximum Gasteiger partial charge on any atom is 0.214 e. The first-order valence-corrected chi connectivity index (χ1v) is 6.02. The minimum Gasteiger partial charge on any atom is -0.382 e. The van der Waals surface area contributed by atoms with Crippen molar-refractivity contribution in [2.24, 2.45) is 0 Å². The van der Waals surface area contributed by atoms with E-state index in [1.165, 1.54) is 17.5 Å². The van der Waals surface area contributed by atoms with Crippen LogP contribution in [-0.4, -0.2) is 24.8 Å². The van der Waals surface area contributed by atoms with E-state index in [9.17, 15) is 4.79 Å². The van der Waals surface area contributed by atoms with Crippen molar-refractivity contribution in [2.45, 2.75) is 0 Å². The summed E-state index contributed by atoms with van der Waals surface area (Å²) in [6.45, 7) is 0. The quantitative estimate of drug-likeness (QED) is 0.370. The molecule has 78 valence electrons. The first kappa shape index (κ1) is 12.2. The number of nitrogens with zero attached hydrogens (tertiary/aromatic N) is 2. The van der Waals surface area contributed by atoms with Crippen LogP contribution < -0.4 is 0 Å². The molecule has 1 aromatic rings. The van der Waals surface area contributed by atoms with Gasteiger partial charge in [0.15, 0.2) is 0 Å². The van der Waals surface area contributed by atoms with Gasteiger partial charge in [0.05, 0.1) is 7.76 Å². The van der Waals surface area contributed by atoms with Crippen molar-refractivity contribution < 1.29 is 4.79 Å². The number of carbonyl (C=O) groups excluding carboxylic acids is 1. The van der Waals surface area contributed by atoms with Gasteiger partial charge in [0.25, 0.3) is 0 Å². The number of hydrogen-bond acceptors (Lipinski definition) is 4. The van der Waals surface area contributed by atoms with Gasteiger partial charge >= 0.3 is 0 Å². The summed E-state index contributed by atoms with van der Waals surface area (Å²) in [6, 6.07) is 5.52. The van der Waals surface area contributed by atoms with E-state index in [4.69, 9.17) is 5.26 Å². The van der Waals surface area contributed by atoms with Crippen molar-refractivity contribution in [3.05, 3.63) is 31.7 Å². The topological polar surface area (TPSA) is 44.1 Å². The Kier molecular flexibility index (Phi) is 4.29. The summed E-state index contributed by atoms with van der Waals surface area (Å²) in [5, 5.41) is 8.85. The number of ketones is 1. The van der Waals surface area contributed by atoms with Crippen LogP contribution in [0.4, 0.5) is 0 Å². The molecule has 0 bridgehead atoms. The highest BCUT2D eigenvalue weighted by Gasteiger charge is 2.14. The molecule has 0 unspecified atom stereocenters. The predicted octanol–water partition coefficient (Wildman–Crippen LogP) is 2.50. The third kappa shape index (κ3) is 3.32. The lowest BCUT2D eigenvalue weighted by atomic mass is 10.2. The third-order valence-electron chi connectivity index (χ3n) is 1.55. The van der Waals surface area contributed by atoms with Crippen LogP contribution in [0.5, 0.6) is 0 Å². The molecule has 0 spiro atoms. The summed E-state index contributed by atoms with van der Waals surface area (Å²) in [7, 11) is 3.56. The van der Waals surface area contributed by atoms with Gasteiger partial charge in [0.1, 0.15) is 11.6 Å². The van der Waals surface area contributed by atoms with Gasteiger partial charge in [-0.25, -0.2) is 0 Å². The van der Waals surface area contributed by atoms with Crippen molar-refractivity contribution in [3.63, 3.8) is 0 Å². The van der Waals surface area contributed by atoms with Crippen LogP contribution in [0.1, 0.15) is 9.67 Å². The average Bonchev–Trinajstić information content (AvgIpc) is 2.60. The van der Waals surface area contributed by atoms with Gasteiger partial charge in [-0.2, -0.15) is 5.26 Å². The largest absolute Gasteiger partial charge is 0.382 e. The van der Waals surface area contributed by atoms with Crippen molar-refractivity contribution in [1.29, 1.82) is 5.26 Å². The molecule has 0 amide bonds. The van der Waals surface area contributed by atoms with Crippen LogP contribution in [0.3, 0.4) is 0 Å². The molecule has 1 aromatic heterocycles. The highest BCUT2D eigenvalue weighted by Crippen LogP contribution is 2.20. The second-order valence-corrected chi connectivity index (χ2v) is 6.03. The molecular weight excluding hydrogens is 323 g/mol. The number of rotatable bonds is 3. The van der Waals surface area contributed by atoms with E-state index in [-0.39, 0.29) is 11.4 Å². The van der Waals surface area contributed by atoms with Gasteiger partial charge in [-0.1, -0.05) is 0 Å². The molecule has 0 N–H and O–H groups in total. The minimum absolute atomic E-state index is 0.165. The normalized spacial score (nSPS) is 10.9. The minimum atomic E-state index is -0.209. The lowest BCUT2D eigenvalue weighted by molar-refractivity contribution is 0.104. The zero-order valence-electron chi connectivity index (χ0n) is 8.32.